The van der Waals surface area contributed by atoms with Gasteiger partial charge in [-0.3, -0.25) is 9.69 Å². The van der Waals surface area contributed by atoms with Crippen molar-refractivity contribution >= 4 is 29.1 Å². The molecule has 3 aromatic rings. The first-order chi connectivity index (χ1) is 16.8. The fourth-order valence-corrected chi connectivity index (χ4v) is 5.99. The molecule has 2 atom stereocenters. The summed E-state index contributed by atoms with van der Waals surface area (Å²) in [5.41, 5.74) is 2.56. The monoisotopic (exact) mass is 514 g/mol. The molecule has 2 aliphatic rings. The Balaban J connectivity index is 1.43. The van der Waals surface area contributed by atoms with Crippen molar-refractivity contribution in [2.45, 2.75) is 24.8 Å². The molecule has 1 heterocycles. The van der Waals surface area contributed by atoms with Crippen LogP contribution in [0.1, 0.15) is 36.1 Å². The van der Waals surface area contributed by atoms with Crippen LogP contribution >= 0.6 is 23.2 Å². The summed E-state index contributed by atoms with van der Waals surface area (Å²) >= 11 is 12.3. The van der Waals surface area contributed by atoms with E-state index in [0.717, 1.165) is 36.7 Å². The fourth-order valence-electron chi connectivity index (χ4n) is 5.74. The second-order valence-electron chi connectivity index (χ2n) is 9.69. The largest absolute Gasteiger partial charge is 0.356 e. The zero-order chi connectivity index (χ0) is 24.7. The zero-order valence-electron chi connectivity index (χ0n) is 19.3. The number of carbonyl (C=O) groups is 1. The zero-order valence-corrected chi connectivity index (χ0v) is 20.8. The van der Waals surface area contributed by atoms with Crippen molar-refractivity contribution in [1.82, 2.24) is 10.2 Å². The minimum Gasteiger partial charge on any atom is -0.356 e. The highest BCUT2D eigenvalue weighted by atomic mass is 35.5. The molecule has 1 unspecified atom stereocenters. The van der Waals surface area contributed by atoms with Crippen molar-refractivity contribution < 1.29 is 13.6 Å². The average molecular weight is 515 g/mol. The third-order valence-electron chi connectivity index (χ3n) is 7.52. The number of carbonyl (C=O) groups excluding carboxylic acids is 1. The number of hydrogen-bond donors (Lipinski definition) is 1. The quantitative estimate of drug-likeness (QED) is 0.396. The molecule has 0 spiro atoms. The molecule has 3 nitrogen and oxygen atoms in total. The molecule has 35 heavy (non-hydrogen) atoms. The van der Waals surface area contributed by atoms with Gasteiger partial charge in [-0.2, -0.15) is 0 Å². The Morgan fingerprint density at radius 3 is 1.97 bits per heavy atom. The number of halogens is 4. The van der Waals surface area contributed by atoms with Crippen molar-refractivity contribution in [3.05, 3.63) is 105 Å². The van der Waals surface area contributed by atoms with Crippen molar-refractivity contribution in [3.63, 3.8) is 0 Å². The minimum atomic E-state index is -0.569. The van der Waals surface area contributed by atoms with E-state index in [1.54, 1.807) is 0 Å². The highest BCUT2D eigenvalue weighted by molar-refractivity contribution is 6.30. The molecule has 7 heteroatoms. The average Bonchev–Trinajstić information content (AvgIpc) is 3.50. The van der Waals surface area contributed by atoms with E-state index in [-0.39, 0.29) is 29.2 Å². The number of benzene rings is 3. The van der Waals surface area contributed by atoms with Gasteiger partial charge in [-0.1, -0.05) is 47.5 Å². The maximum atomic E-state index is 14.2. The molecule has 1 N–H and O–H groups in total. The molecular formula is C28H26Cl2F2N2O. The van der Waals surface area contributed by atoms with Crippen LogP contribution < -0.4 is 5.32 Å². The van der Waals surface area contributed by atoms with Crippen LogP contribution in [0.2, 0.25) is 10.0 Å². The molecule has 1 aliphatic carbocycles. The molecule has 0 radical (unpaired) electrons. The molecule has 1 saturated heterocycles. The maximum absolute atomic E-state index is 14.2. The highest BCUT2D eigenvalue weighted by Gasteiger charge is 2.62. The number of nitrogens with one attached hydrogen (secondary N) is 1. The lowest BCUT2D eigenvalue weighted by Crippen LogP contribution is -2.54. The minimum absolute atomic E-state index is 0.00891. The lowest BCUT2D eigenvalue weighted by Gasteiger charge is -2.49. The summed E-state index contributed by atoms with van der Waals surface area (Å²) in [5, 5.41) is 4.25. The molecule has 1 saturated carbocycles. The molecule has 1 aliphatic heterocycles. The van der Waals surface area contributed by atoms with E-state index in [2.05, 4.69) is 10.2 Å². The molecule has 3 aromatic carbocycles. The van der Waals surface area contributed by atoms with Crippen LogP contribution in [0.15, 0.2) is 66.7 Å². The van der Waals surface area contributed by atoms with Gasteiger partial charge in [-0.25, -0.2) is 8.78 Å². The lowest BCUT2D eigenvalue weighted by atomic mass is 9.74. The van der Waals surface area contributed by atoms with Crippen molar-refractivity contribution in [2.75, 3.05) is 19.6 Å². The van der Waals surface area contributed by atoms with Crippen molar-refractivity contribution in [3.8, 4) is 0 Å². The Morgan fingerprint density at radius 1 is 0.971 bits per heavy atom. The van der Waals surface area contributed by atoms with Crippen LogP contribution in [-0.2, 0) is 10.2 Å². The van der Waals surface area contributed by atoms with Crippen LogP contribution in [0.5, 0.6) is 0 Å². The predicted molar refractivity (Wildman–Crippen MR) is 135 cm³/mol. The van der Waals surface area contributed by atoms with Crippen LogP contribution in [-0.4, -0.2) is 30.4 Å². The van der Waals surface area contributed by atoms with Crippen molar-refractivity contribution in [1.29, 1.82) is 0 Å². The summed E-state index contributed by atoms with van der Waals surface area (Å²) in [6.45, 7) is 3.52. The van der Waals surface area contributed by atoms with E-state index in [4.69, 9.17) is 23.2 Å². The fraction of sp³-hybridized carbons (Fsp3) is 0.321. The summed E-state index contributed by atoms with van der Waals surface area (Å²) < 4.78 is 28.4. The van der Waals surface area contributed by atoms with Gasteiger partial charge in [-0.15, -0.1) is 0 Å². The first-order valence-corrected chi connectivity index (χ1v) is 12.5. The molecule has 182 valence electrons. The van der Waals surface area contributed by atoms with E-state index in [0.29, 0.717) is 22.2 Å². The van der Waals surface area contributed by atoms with Crippen molar-refractivity contribution in [2.24, 2.45) is 11.8 Å². The maximum Gasteiger partial charge on any atom is 0.216 e. The Kier molecular flexibility index (Phi) is 6.60. The van der Waals surface area contributed by atoms with E-state index < -0.39 is 11.6 Å². The number of rotatable bonds is 7. The van der Waals surface area contributed by atoms with Crippen LogP contribution in [0.3, 0.4) is 0 Å². The van der Waals surface area contributed by atoms with Gasteiger partial charge in [0.05, 0.1) is 6.04 Å². The SMILES string of the molecule is CC(=O)NCC1C[C@@]1(c1cc(F)cc(F)c1)C1CN(C(c2ccc(Cl)cc2)c2ccc(Cl)cc2)C1. The molecule has 2 fully saturated rings. The Labute approximate surface area is 214 Å². The summed E-state index contributed by atoms with van der Waals surface area (Å²) in [6.07, 6.45) is 0.793. The van der Waals surface area contributed by atoms with E-state index in [1.165, 1.54) is 19.1 Å². The van der Waals surface area contributed by atoms with Gasteiger partial charge in [0.15, 0.2) is 0 Å². The summed E-state index contributed by atoms with van der Waals surface area (Å²) in [5.74, 6) is -0.882. The van der Waals surface area contributed by atoms with Gasteiger partial charge in [-0.05, 0) is 71.3 Å². The highest BCUT2D eigenvalue weighted by Crippen LogP contribution is 2.62. The van der Waals surface area contributed by atoms with Gasteiger partial charge in [0, 0.05) is 48.1 Å². The Morgan fingerprint density at radius 2 is 1.49 bits per heavy atom. The van der Waals surface area contributed by atoms with Gasteiger partial charge in [0.25, 0.3) is 0 Å². The molecular weight excluding hydrogens is 489 g/mol. The van der Waals surface area contributed by atoms with Crippen LogP contribution in [0.25, 0.3) is 0 Å². The smallest absolute Gasteiger partial charge is 0.216 e. The number of amides is 1. The summed E-state index contributed by atoms with van der Waals surface area (Å²) in [4.78, 5) is 13.9. The van der Waals surface area contributed by atoms with Crippen LogP contribution in [0, 0.1) is 23.5 Å². The summed E-state index contributed by atoms with van der Waals surface area (Å²) in [6, 6.07) is 19.5. The van der Waals surface area contributed by atoms with E-state index >= 15 is 0 Å². The van der Waals surface area contributed by atoms with E-state index in [1.807, 2.05) is 48.5 Å². The predicted octanol–water partition coefficient (Wildman–Crippen LogP) is 6.39. The normalized spacial score (nSPS) is 22.2. The summed E-state index contributed by atoms with van der Waals surface area (Å²) in [7, 11) is 0. The molecule has 0 aromatic heterocycles. The first-order valence-electron chi connectivity index (χ1n) is 11.7. The number of hydrogen-bond acceptors (Lipinski definition) is 2. The second-order valence-corrected chi connectivity index (χ2v) is 10.6. The number of nitrogens with zero attached hydrogens (tertiary/aromatic N) is 1. The third kappa shape index (κ3) is 4.82. The topological polar surface area (TPSA) is 32.3 Å². The van der Waals surface area contributed by atoms with Gasteiger partial charge >= 0.3 is 0 Å². The molecule has 0 bridgehead atoms. The lowest BCUT2D eigenvalue weighted by molar-refractivity contribution is -0.119. The number of likely N-dealkylation sites (tertiary alicyclic amines) is 1. The van der Waals surface area contributed by atoms with Gasteiger partial charge < -0.3 is 5.32 Å². The van der Waals surface area contributed by atoms with Crippen LogP contribution in [0.4, 0.5) is 8.78 Å². The first kappa shape index (κ1) is 24.2. The third-order valence-corrected chi connectivity index (χ3v) is 8.03. The van der Waals surface area contributed by atoms with E-state index in [9.17, 15) is 13.6 Å². The van der Waals surface area contributed by atoms with Gasteiger partial charge in [0.1, 0.15) is 11.6 Å². The molecule has 1 amide bonds. The second kappa shape index (κ2) is 9.53. The molecule has 5 rings (SSSR count). The standard InChI is InChI=1S/C28H26Cl2F2N2O/c1-17(35)33-14-21-13-28(21,20-10-25(31)12-26(32)11-20)22-15-34(16-22)27(18-2-6-23(29)7-3-18)19-4-8-24(30)9-5-19/h2-12,21-22,27H,13-16H2,1H3,(H,33,35)/t21?,28-/m0/s1. The Hall–Kier alpha value is -2.47. The van der Waals surface area contributed by atoms with Gasteiger partial charge in [0.2, 0.25) is 5.91 Å². The Bertz CT molecular complexity index is 1160.